The Morgan fingerprint density at radius 3 is 2.50 bits per heavy atom. The minimum Gasteiger partial charge on any atom is -0.406 e. The summed E-state index contributed by atoms with van der Waals surface area (Å²) in [6.07, 6.45) is -0.413. The summed E-state index contributed by atoms with van der Waals surface area (Å²) in [4.78, 5) is 23.8. The highest BCUT2D eigenvalue weighted by molar-refractivity contribution is 8.14. The van der Waals surface area contributed by atoms with Gasteiger partial charge in [-0.2, -0.15) is 4.99 Å². The predicted molar refractivity (Wildman–Crippen MR) is 168 cm³/mol. The van der Waals surface area contributed by atoms with E-state index < -0.39 is 12.4 Å². The first-order valence-electron chi connectivity index (χ1n) is 14.0. The Labute approximate surface area is 257 Å². The standard InChI is InChI=1S/C32H31F3N6O2S/c1-21(2)27-7-4-5-8-28(27)40-17-6-18-44-31(40)38-30(42)37-22(3)19-23-9-11-24(12-10-23)29-36-20-41(39-29)25-13-15-26(16-14-25)43-32(33,34)35/h4-5,7-16,19-21H,6,17-18H2,1-3H3,(H,37,42)/b22-19+,38-31?. The van der Waals surface area contributed by atoms with E-state index in [0.717, 1.165) is 35.5 Å². The lowest BCUT2D eigenvalue weighted by Crippen LogP contribution is -2.36. The van der Waals surface area contributed by atoms with Gasteiger partial charge in [0.1, 0.15) is 12.1 Å². The Hall–Kier alpha value is -4.58. The molecule has 228 valence electrons. The van der Waals surface area contributed by atoms with Gasteiger partial charge in [-0.25, -0.2) is 14.5 Å². The molecular formula is C32H31F3N6O2S. The fraction of sp³-hybridized carbons (Fsp3) is 0.250. The molecule has 0 aliphatic carbocycles. The Bertz CT molecular complexity index is 1660. The van der Waals surface area contributed by atoms with Crippen molar-refractivity contribution in [2.45, 2.75) is 39.5 Å². The molecule has 44 heavy (non-hydrogen) atoms. The van der Waals surface area contributed by atoms with Crippen LogP contribution in [0.2, 0.25) is 0 Å². The fourth-order valence-corrected chi connectivity index (χ4v) is 5.66. The number of amides is 2. The molecule has 1 saturated heterocycles. The van der Waals surface area contributed by atoms with Crippen molar-refractivity contribution in [2.75, 3.05) is 17.2 Å². The number of urea groups is 1. The monoisotopic (exact) mass is 620 g/mol. The van der Waals surface area contributed by atoms with Crippen molar-refractivity contribution in [1.29, 1.82) is 0 Å². The zero-order chi connectivity index (χ0) is 31.3. The maximum Gasteiger partial charge on any atom is 0.573 e. The van der Waals surface area contributed by atoms with E-state index in [2.05, 4.69) is 56.0 Å². The van der Waals surface area contributed by atoms with Crippen LogP contribution in [0.4, 0.5) is 23.7 Å². The number of alkyl halides is 3. The number of anilines is 1. The predicted octanol–water partition coefficient (Wildman–Crippen LogP) is 8.03. The smallest absolute Gasteiger partial charge is 0.406 e. The van der Waals surface area contributed by atoms with Crippen LogP contribution in [0.5, 0.6) is 5.75 Å². The average Bonchev–Trinajstić information content (AvgIpc) is 3.48. The molecule has 0 unspecified atom stereocenters. The maximum absolute atomic E-state index is 12.9. The Morgan fingerprint density at radius 2 is 1.80 bits per heavy atom. The molecule has 8 nitrogen and oxygen atoms in total. The number of hydrogen-bond acceptors (Lipinski definition) is 5. The van der Waals surface area contributed by atoms with Gasteiger partial charge < -0.3 is 15.0 Å². The van der Waals surface area contributed by atoms with Crippen LogP contribution in [-0.2, 0) is 0 Å². The number of rotatable bonds is 7. The number of nitrogens with zero attached hydrogens (tertiary/aromatic N) is 5. The van der Waals surface area contributed by atoms with E-state index in [-0.39, 0.29) is 5.75 Å². The minimum atomic E-state index is -4.75. The Kier molecular flexibility index (Phi) is 9.38. The molecule has 0 radical (unpaired) electrons. The van der Waals surface area contributed by atoms with E-state index in [1.165, 1.54) is 40.8 Å². The number of amidine groups is 1. The maximum atomic E-state index is 12.9. The number of hydrogen-bond donors (Lipinski definition) is 1. The van der Waals surface area contributed by atoms with Crippen molar-refractivity contribution in [3.05, 3.63) is 95.9 Å². The molecule has 0 saturated carbocycles. The number of nitrogens with one attached hydrogen (secondary N) is 1. The van der Waals surface area contributed by atoms with E-state index in [0.29, 0.717) is 28.3 Å². The summed E-state index contributed by atoms with van der Waals surface area (Å²) in [7, 11) is 0. The second kappa shape index (κ2) is 13.4. The molecule has 1 N–H and O–H groups in total. The average molecular weight is 621 g/mol. The first kappa shape index (κ1) is 30.9. The summed E-state index contributed by atoms with van der Waals surface area (Å²) >= 11 is 1.58. The van der Waals surface area contributed by atoms with Gasteiger partial charge in [-0.3, -0.25) is 0 Å². The zero-order valence-corrected chi connectivity index (χ0v) is 25.2. The number of allylic oxidation sites excluding steroid dienone is 1. The SMILES string of the molecule is C/C(=C\c1ccc(-c2ncn(-c3ccc(OC(F)(F)F)cc3)n2)cc1)NC(=O)N=C1SCCCN1c1ccccc1C(C)C. The van der Waals surface area contributed by atoms with Crippen LogP contribution in [0, 0.1) is 0 Å². The third-order valence-corrected chi connectivity index (χ3v) is 7.78. The molecule has 1 fully saturated rings. The van der Waals surface area contributed by atoms with E-state index >= 15 is 0 Å². The summed E-state index contributed by atoms with van der Waals surface area (Å²) in [5.41, 5.74) is 5.09. The summed E-state index contributed by atoms with van der Waals surface area (Å²) in [5.74, 6) is 1.39. The summed E-state index contributed by atoms with van der Waals surface area (Å²) < 4.78 is 42.6. The van der Waals surface area contributed by atoms with Crippen LogP contribution < -0.4 is 15.0 Å². The van der Waals surface area contributed by atoms with E-state index in [9.17, 15) is 18.0 Å². The quantitative estimate of drug-likeness (QED) is 0.225. The van der Waals surface area contributed by atoms with Gasteiger partial charge in [-0.05, 0) is 66.8 Å². The molecule has 12 heteroatoms. The number of benzene rings is 3. The molecule has 3 aromatic carbocycles. The van der Waals surface area contributed by atoms with Crippen LogP contribution in [0.15, 0.2) is 89.8 Å². The third kappa shape index (κ3) is 7.87. The Balaban J connectivity index is 1.23. The zero-order valence-electron chi connectivity index (χ0n) is 24.4. The van der Waals surface area contributed by atoms with Crippen LogP contribution in [0.3, 0.4) is 0 Å². The first-order valence-corrected chi connectivity index (χ1v) is 15.0. The topological polar surface area (TPSA) is 84.6 Å². The number of carbonyl (C=O) groups is 1. The highest BCUT2D eigenvalue weighted by Crippen LogP contribution is 2.32. The molecule has 0 atom stereocenters. The van der Waals surface area contributed by atoms with E-state index in [1.807, 2.05) is 42.5 Å². The summed E-state index contributed by atoms with van der Waals surface area (Å²) in [6, 6.07) is 20.6. The van der Waals surface area contributed by atoms with Crippen LogP contribution in [0.1, 0.15) is 44.2 Å². The molecule has 5 rings (SSSR count). The lowest BCUT2D eigenvalue weighted by Gasteiger charge is -2.31. The van der Waals surface area contributed by atoms with Gasteiger partial charge in [0.2, 0.25) is 0 Å². The number of thioether (sulfide) groups is 1. The largest absolute Gasteiger partial charge is 0.573 e. The highest BCUT2D eigenvalue weighted by atomic mass is 32.2. The number of para-hydroxylation sites is 1. The lowest BCUT2D eigenvalue weighted by molar-refractivity contribution is -0.274. The van der Waals surface area contributed by atoms with Crippen molar-refractivity contribution in [1.82, 2.24) is 20.1 Å². The molecule has 1 aliphatic heterocycles. The molecule has 2 heterocycles. The number of aliphatic imine (C=N–C) groups is 1. The van der Waals surface area contributed by atoms with Gasteiger partial charge in [-0.15, -0.1) is 18.3 Å². The lowest BCUT2D eigenvalue weighted by atomic mass is 10.0. The van der Waals surface area contributed by atoms with Crippen molar-refractivity contribution in [2.24, 2.45) is 4.99 Å². The van der Waals surface area contributed by atoms with E-state index in [4.69, 9.17) is 0 Å². The van der Waals surface area contributed by atoms with Crippen molar-refractivity contribution < 1.29 is 22.7 Å². The number of ether oxygens (including phenoxy) is 1. The number of aromatic nitrogens is 3. The highest BCUT2D eigenvalue weighted by Gasteiger charge is 2.31. The van der Waals surface area contributed by atoms with Crippen molar-refractivity contribution in [3.63, 3.8) is 0 Å². The number of halogens is 3. The van der Waals surface area contributed by atoms with Gasteiger partial charge >= 0.3 is 12.4 Å². The molecule has 0 bridgehead atoms. The second-order valence-electron chi connectivity index (χ2n) is 10.4. The van der Waals surface area contributed by atoms with Gasteiger partial charge in [0.25, 0.3) is 0 Å². The second-order valence-corrected chi connectivity index (χ2v) is 11.5. The van der Waals surface area contributed by atoms with Gasteiger partial charge in [0.05, 0.1) is 5.69 Å². The van der Waals surface area contributed by atoms with Gasteiger partial charge in [0, 0.05) is 29.2 Å². The first-order chi connectivity index (χ1) is 21.1. The summed E-state index contributed by atoms with van der Waals surface area (Å²) in [6.45, 7) is 6.93. The number of carbonyl (C=O) groups excluding carboxylic acids is 1. The molecule has 0 spiro atoms. The molecule has 2 amide bonds. The summed E-state index contributed by atoms with van der Waals surface area (Å²) in [5, 5.41) is 7.99. The molecule has 1 aromatic heterocycles. The minimum absolute atomic E-state index is 0.314. The molecule has 1 aliphatic rings. The molecular weight excluding hydrogens is 589 g/mol. The van der Waals surface area contributed by atoms with E-state index in [1.54, 1.807) is 18.7 Å². The van der Waals surface area contributed by atoms with Crippen LogP contribution >= 0.6 is 11.8 Å². The Morgan fingerprint density at radius 1 is 1.07 bits per heavy atom. The third-order valence-electron chi connectivity index (χ3n) is 6.72. The van der Waals surface area contributed by atoms with Crippen molar-refractivity contribution in [3.8, 4) is 22.8 Å². The van der Waals surface area contributed by atoms with Crippen molar-refractivity contribution >= 4 is 34.7 Å². The fourth-order valence-electron chi connectivity index (χ4n) is 4.72. The van der Waals surface area contributed by atoms with Gasteiger partial charge in [-0.1, -0.05) is 68.1 Å². The normalized spacial score (nSPS) is 15.1. The van der Waals surface area contributed by atoms with Crippen LogP contribution in [0.25, 0.3) is 23.2 Å². The van der Waals surface area contributed by atoms with Gasteiger partial charge in [0.15, 0.2) is 11.0 Å². The molecule has 4 aromatic rings. The van der Waals surface area contributed by atoms with Crippen LogP contribution in [-0.4, -0.2) is 44.6 Å².